The summed E-state index contributed by atoms with van der Waals surface area (Å²) in [6.07, 6.45) is 2.33. The molecular weight excluding hydrogens is 543 g/mol. The second kappa shape index (κ2) is 14.6. The number of carbonyl (C=O) groups is 2. The average Bonchev–Trinajstić information content (AvgIpc) is 3.51. The first-order chi connectivity index (χ1) is 19.1. The molecule has 0 aliphatic carbocycles. The lowest BCUT2D eigenvalue weighted by Crippen LogP contribution is -2.34. The van der Waals surface area contributed by atoms with E-state index >= 15 is 0 Å². The van der Waals surface area contributed by atoms with Crippen molar-refractivity contribution in [3.05, 3.63) is 6.33 Å². The summed E-state index contributed by atoms with van der Waals surface area (Å²) >= 11 is 0. The molecule has 222 valence electrons. The zero-order valence-corrected chi connectivity index (χ0v) is 24.2. The van der Waals surface area contributed by atoms with E-state index in [9.17, 15) is 19.3 Å². The van der Waals surface area contributed by atoms with Crippen molar-refractivity contribution in [3.8, 4) is 0 Å². The number of nitrogens with zero attached hydrogens (tertiary/aromatic N) is 6. The van der Waals surface area contributed by atoms with Crippen LogP contribution in [0, 0.1) is 0 Å². The van der Waals surface area contributed by atoms with Gasteiger partial charge in [0.15, 0.2) is 23.2 Å². The summed E-state index contributed by atoms with van der Waals surface area (Å²) in [6.45, 7) is 7.36. The van der Waals surface area contributed by atoms with Crippen LogP contribution in [0.4, 0.5) is 5.82 Å². The van der Waals surface area contributed by atoms with Crippen molar-refractivity contribution >= 4 is 42.1 Å². The minimum absolute atomic E-state index is 0.0590. The highest BCUT2D eigenvalue weighted by Crippen LogP contribution is 2.46. The second-order valence-corrected chi connectivity index (χ2v) is 12.0. The second-order valence-electron chi connectivity index (χ2n) is 9.68. The molecule has 0 spiro atoms. The number of nitrogens with one attached hydrogen (secondary N) is 1. The zero-order valence-electron chi connectivity index (χ0n) is 23.4. The Kier molecular flexibility index (Phi) is 11.5. The van der Waals surface area contributed by atoms with Crippen LogP contribution in [0.5, 0.6) is 0 Å². The number of ether oxygens (including phenoxy) is 3. The highest BCUT2D eigenvalue weighted by atomic mass is 31.2. The van der Waals surface area contributed by atoms with Crippen molar-refractivity contribution in [3.63, 3.8) is 0 Å². The summed E-state index contributed by atoms with van der Waals surface area (Å²) in [7, 11) is -3.71. The van der Waals surface area contributed by atoms with E-state index in [-0.39, 0.29) is 49.3 Å². The van der Waals surface area contributed by atoms with Crippen LogP contribution in [0.15, 0.2) is 11.1 Å². The van der Waals surface area contributed by atoms with Gasteiger partial charge in [-0.05, 0) is 33.1 Å². The molecule has 1 fully saturated rings. The molecule has 3 rings (SSSR count). The topological polar surface area (TPSA) is 206 Å². The van der Waals surface area contributed by atoms with Crippen molar-refractivity contribution in [1.29, 1.82) is 0 Å². The highest BCUT2D eigenvalue weighted by Gasteiger charge is 2.39. The fraction of sp³-hybridized carbons (Fsp3) is 0.708. The third-order valence-corrected chi connectivity index (χ3v) is 8.56. The van der Waals surface area contributed by atoms with Crippen molar-refractivity contribution in [1.82, 2.24) is 30.0 Å². The molecular formula is C24H39N8O7P. The van der Waals surface area contributed by atoms with Gasteiger partial charge in [0, 0.05) is 12.6 Å². The quantitative estimate of drug-likeness (QED) is 0.119. The summed E-state index contributed by atoms with van der Waals surface area (Å²) in [5, 5.41) is 21.5. The number of nitrogen functional groups attached to an aromatic ring is 1. The number of carbonyl (C=O) groups excluding carboxylic acids is 2. The molecule has 16 heteroatoms. The molecule has 1 saturated heterocycles. The Balaban J connectivity index is 1.72. The van der Waals surface area contributed by atoms with Crippen LogP contribution in [-0.2, 0) is 28.4 Å². The molecule has 0 radical (unpaired) electrons. The summed E-state index contributed by atoms with van der Waals surface area (Å²) in [4.78, 5) is 32.9. The minimum Gasteiger partial charge on any atom is -0.465 e. The van der Waals surface area contributed by atoms with E-state index in [2.05, 4.69) is 30.1 Å². The molecule has 0 saturated carbocycles. The van der Waals surface area contributed by atoms with E-state index in [1.807, 2.05) is 13.8 Å². The van der Waals surface area contributed by atoms with Crippen LogP contribution in [0.2, 0.25) is 0 Å². The predicted octanol–water partition coefficient (Wildman–Crippen LogP) is 2.16. The SMILES string of the molecule is CCCCOC(=O)C(C)=NP(=O)(CC[C@@H]1C[C@@H](O)[C@H](n2nnc3c(N)ncnc32)O1)N[C@@H](C)C(=O)OCCCC. The largest absolute Gasteiger partial charge is 0.465 e. The van der Waals surface area contributed by atoms with Crippen LogP contribution >= 0.6 is 7.44 Å². The summed E-state index contributed by atoms with van der Waals surface area (Å²) in [6, 6.07) is -0.940. The lowest BCUT2D eigenvalue weighted by molar-refractivity contribution is -0.145. The Labute approximate surface area is 232 Å². The van der Waals surface area contributed by atoms with Gasteiger partial charge in [0.05, 0.1) is 19.3 Å². The fourth-order valence-electron chi connectivity index (χ4n) is 4.05. The van der Waals surface area contributed by atoms with Gasteiger partial charge in [0.25, 0.3) is 7.44 Å². The number of hydrogen-bond donors (Lipinski definition) is 3. The number of aliphatic hydroxyl groups excluding tert-OH is 1. The number of anilines is 1. The fourth-order valence-corrected chi connectivity index (χ4v) is 6.25. The number of hydrogen-bond acceptors (Lipinski definition) is 12. The van der Waals surface area contributed by atoms with Gasteiger partial charge in [0.1, 0.15) is 24.2 Å². The van der Waals surface area contributed by atoms with Gasteiger partial charge >= 0.3 is 11.9 Å². The van der Waals surface area contributed by atoms with E-state index in [0.29, 0.717) is 18.5 Å². The smallest absolute Gasteiger partial charge is 0.352 e. The van der Waals surface area contributed by atoms with Gasteiger partial charge in [-0.25, -0.2) is 24.6 Å². The van der Waals surface area contributed by atoms with Crippen molar-refractivity contribution < 1.29 is 33.5 Å². The van der Waals surface area contributed by atoms with Gasteiger partial charge in [-0.3, -0.25) is 9.36 Å². The highest BCUT2D eigenvalue weighted by molar-refractivity contribution is 7.60. The molecule has 1 aliphatic heterocycles. The maximum atomic E-state index is 14.0. The van der Waals surface area contributed by atoms with Crippen molar-refractivity contribution in [2.75, 3.05) is 25.1 Å². The number of aliphatic hydroxyl groups is 1. The Morgan fingerprint density at radius 2 is 1.98 bits per heavy atom. The summed E-state index contributed by atoms with van der Waals surface area (Å²) in [5.74, 6) is -1.10. The molecule has 1 aliphatic rings. The molecule has 3 heterocycles. The Hall–Kier alpha value is -3.00. The van der Waals surface area contributed by atoms with Crippen LogP contribution < -0.4 is 10.8 Å². The number of fused-ring (bicyclic) bond motifs is 1. The molecule has 0 amide bonds. The lowest BCUT2D eigenvalue weighted by Gasteiger charge is -2.22. The Morgan fingerprint density at radius 3 is 2.67 bits per heavy atom. The minimum atomic E-state index is -3.71. The molecule has 40 heavy (non-hydrogen) atoms. The third-order valence-electron chi connectivity index (χ3n) is 6.28. The molecule has 0 aromatic carbocycles. The molecule has 0 bridgehead atoms. The van der Waals surface area contributed by atoms with Crippen molar-refractivity contribution in [2.45, 2.75) is 90.7 Å². The van der Waals surface area contributed by atoms with E-state index in [1.165, 1.54) is 24.9 Å². The number of unbranched alkanes of at least 4 members (excludes halogenated alkanes) is 2. The van der Waals surface area contributed by atoms with E-state index < -0.39 is 43.9 Å². The first-order valence-corrected chi connectivity index (χ1v) is 15.3. The number of nitrogens with two attached hydrogens (primary N) is 1. The molecule has 2 aromatic heterocycles. The normalized spacial score (nSPS) is 21.7. The third kappa shape index (κ3) is 8.26. The van der Waals surface area contributed by atoms with Gasteiger partial charge in [-0.2, -0.15) is 4.68 Å². The number of esters is 2. The molecule has 2 aromatic rings. The standard InChI is InChI=1S/C24H39N8O7P/c1-5-7-10-37-23(34)15(3)29-40(36,30-16(4)24(35)38-11-8-6-2)12-9-17-13-18(33)22(39-17)32-21-19(28-31-32)20(25)26-14-27-21/h14-15,17-18,22,33H,5-13H2,1-4H3,(H,29,36)(H2,25,26,27)/t15-,17+,18+,22+,40?/m0/s1. The summed E-state index contributed by atoms with van der Waals surface area (Å²) in [5.41, 5.74) is 6.35. The first-order valence-electron chi connectivity index (χ1n) is 13.5. The van der Waals surface area contributed by atoms with E-state index in [4.69, 9.17) is 19.9 Å². The predicted molar refractivity (Wildman–Crippen MR) is 147 cm³/mol. The first kappa shape index (κ1) is 31.5. The monoisotopic (exact) mass is 582 g/mol. The molecule has 4 N–H and O–H groups in total. The van der Waals surface area contributed by atoms with Gasteiger partial charge in [0.2, 0.25) is 0 Å². The lowest BCUT2D eigenvalue weighted by atomic mass is 10.1. The molecule has 5 atom stereocenters. The Morgan fingerprint density at radius 1 is 1.27 bits per heavy atom. The summed E-state index contributed by atoms with van der Waals surface area (Å²) < 4.78 is 36.0. The maximum absolute atomic E-state index is 14.0. The Bertz CT molecular complexity index is 1240. The molecule has 1 unspecified atom stereocenters. The zero-order chi connectivity index (χ0) is 29.3. The molecule has 15 nitrogen and oxygen atoms in total. The maximum Gasteiger partial charge on any atom is 0.352 e. The van der Waals surface area contributed by atoms with Crippen LogP contribution in [0.25, 0.3) is 11.2 Å². The van der Waals surface area contributed by atoms with Crippen LogP contribution in [0.1, 0.15) is 72.4 Å². The van der Waals surface area contributed by atoms with E-state index in [0.717, 1.165) is 12.8 Å². The van der Waals surface area contributed by atoms with Gasteiger partial charge in [-0.15, -0.1) is 5.10 Å². The average molecular weight is 583 g/mol. The van der Waals surface area contributed by atoms with Gasteiger partial charge in [-0.1, -0.05) is 31.9 Å². The van der Waals surface area contributed by atoms with Gasteiger partial charge < -0.3 is 25.1 Å². The van der Waals surface area contributed by atoms with Crippen LogP contribution in [0.3, 0.4) is 0 Å². The van der Waals surface area contributed by atoms with E-state index in [1.54, 1.807) is 0 Å². The number of aromatic nitrogens is 5. The number of rotatable bonds is 15. The van der Waals surface area contributed by atoms with Crippen LogP contribution in [-0.4, -0.2) is 85.3 Å². The van der Waals surface area contributed by atoms with Crippen molar-refractivity contribution in [2.24, 2.45) is 4.76 Å².